The number of allylic oxidation sites excluding steroid dienone is 27. The number of carbonyl (C=O) groups excluding carboxylic acids is 3. The summed E-state index contributed by atoms with van der Waals surface area (Å²) in [4.78, 5) is 38.2. The van der Waals surface area contributed by atoms with E-state index in [1.165, 1.54) is 77.0 Å². The van der Waals surface area contributed by atoms with Crippen LogP contribution in [0.2, 0.25) is 0 Å². The molecule has 0 amide bonds. The third-order valence-corrected chi connectivity index (χ3v) is 12.7. The molecule has 1 atom stereocenters. The maximum atomic E-state index is 12.8. The summed E-state index contributed by atoms with van der Waals surface area (Å²) in [5, 5.41) is 0. The van der Waals surface area contributed by atoms with Crippen LogP contribution in [0, 0.1) is 0 Å². The average molecular weight is 1090 g/mol. The maximum Gasteiger partial charge on any atom is 0.310 e. The molecule has 0 aliphatic carbocycles. The summed E-state index contributed by atoms with van der Waals surface area (Å²) in [6.45, 7) is 6.30. The molecule has 0 saturated carbocycles. The lowest BCUT2D eigenvalue weighted by molar-refractivity contribution is -0.166. The van der Waals surface area contributed by atoms with Crippen molar-refractivity contribution in [1.82, 2.24) is 0 Å². The second-order valence-electron chi connectivity index (χ2n) is 20.2. The van der Waals surface area contributed by atoms with Gasteiger partial charge in [0.25, 0.3) is 0 Å². The van der Waals surface area contributed by atoms with E-state index in [0.29, 0.717) is 19.3 Å². The van der Waals surface area contributed by atoms with Crippen molar-refractivity contribution in [1.29, 1.82) is 0 Å². The molecule has 0 heterocycles. The molecule has 0 fully saturated rings. The molecule has 0 aromatic rings. The van der Waals surface area contributed by atoms with E-state index < -0.39 is 12.1 Å². The van der Waals surface area contributed by atoms with Crippen LogP contribution >= 0.6 is 0 Å². The molecule has 0 saturated heterocycles. The number of hydrogen-bond donors (Lipinski definition) is 0. The van der Waals surface area contributed by atoms with Crippen molar-refractivity contribution in [2.24, 2.45) is 0 Å². The minimum Gasteiger partial charge on any atom is -0.462 e. The number of rotatable bonds is 55. The molecule has 0 aliphatic rings. The Labute approximate surface area is 485 Å². The molecule has 442 valence electrons. The second-order valence-corrected chi connectivity index (χ2v) is 20.2. The van der Waals surface area contributed by atoms with Gasteiger partial charge in [0.05, 0.1) is 6.42 Å². The first-order chi connectivity index (χ1) is 39.0. The van der Waals surface area contributed by atoms with Crippen LogP contribution in [0.25, 0.3) is 0 Å². The maximum absolute atomic E-state index is 12.8. The van der Waals surface area contributed by atoms with Crippen LogP contribution in [-0.2, 0) is 28.6 Å². The quantitative estimate of drug-likeness (QED) is 0.0261. The summed E-state index contributed by atoms with van der Waals surface area (Å²) in [5.41, 5.74) is 0. The normalized spacial score (nSPS) is 13.3. The molecule has 0 aliphatic heterocycles. The number of ether oxygens (including phenoxy) is 3. The van der Waals surface area contributed by atoms with Gasteiger partial charge in [0, 0.05) is 12.8 Å². The molecule has 6 nitrogen and oxygen atoms in total. The van der Waals surface area contributed by atoms with Crippen molar-refractivity contribution in [2.75, 3.05) is 13.2 Å². The Balaban J connectivity index is 4.47. The van der Waals surface area contributed by atoms with Gasteiger partial charge in [-0.3, -0.25) is 14.4 Å². The number of unbranched alkanes of at least 4 members (excludes halogenated alkanes) is 17. The summed E-state index contributed by atoms with van der Waals surface area (Å²) in [7, 11) is 0. The van der Waals surface area contributed by atoms with Crippen LogP contribution in [0.5, 0.6) is 0 Å². The highest BCUT2D eigenvalue weighted by Gasteiger charge is 2.19. The molecule has 0 aromatic heterocycles. The van der Waals surface area contributed by atoms with Gasteiger partial charge in [-0.2, -0.15) is 0 Å². The van der Waals surface area contributed by atoms with Crippen molar-refractivity contribution in [3.8, 4) is 0 Å². The smallest absolute Gasteiger partial charge is 0.310 e. The summed E-state index contributed by atoms with van der Waals surface area (Å²) in [6, 6.07) is 0. The highest BCUT2D eigenvalue weighted by atomic mass is 16.6. The average Bonchev–Trinajstić information content (AvgIpc) is 3.45. The van der Waals surface area contributed by atoms with Gasteiger partial charge in [0.15, 0.2) is 6.10 Å². The predicted octanol–water partition coefficient (Wildman–Crippen LogP) is 21.9. The first-order valence-electron chi connectivity index (χ1n) is 31.6. The van der Waals surface area contributed by atoms with Gasteiger partial charge in [-0.25, -0.2) is 0 Å². The molecule has 0 spiro atoms. The fourth-order valence-corrected chi connectivity index (χ4v) is 8.10. The van der Waals surface area contributed by atoms with E-state index in [4.69, 9.17) is 14.2 Å². The highest BCUT2D eigenvalue weighted by Crippen LogP contribution is 2.15. The first-order valence-corrected chi connectivity index (χ1v) is 31.6. The Bertz CT molecular complexity index is 1820. The molecular weight excluding hydrogens is 973 g/mol. The molecule has 0 bridgehead atoms. The summed E-state index contributed by atoms with van der Waals surface area (Å²) in [6.07, 6.45) is 96.7. The highest BCUT2D eigenvalue weighted by molar-refractivity contribution is 5.72. The third kappa shape index (κ3) is 63.5. The summed E-state index contributed by atoms with van der Waals surface area (Å²) >= 11 is 0. The molecular formula is C73H114O6. The predicted molar refractivity (Wildman–Crippen MR) is 343 cm³/mol. The van der Waals surface area contributed by atoms with Gasteiger partial charge < -0.3 is 14.2 Å². The first kappa shape index (κ1) is 73.8. The molecule has 0 aromatic carbocycles. The lowest BCUT2D eigenvalue weighted by atomic mass is 10.0. The number of esters is 3. The van der Waals surface area contributed by atoms with E-state index in [1.807, 2.05) is 6.08 Å². The Hall–Kier alpha value is -5.23. The van der Waals surface area contributed by atoms with Gasteiger partial charge in [0.2, 0.25) is 0 Å². The van der Waals surface area contributed by atoms with Crippen molar-refractivity contribution in [3.63, 3.8) is 0 Å². The molecule has 0 N–H and O–H groups in total. The van der Waals surface area contributed by atoms with Crippen LogP contribution in [-0.4, -0.2) is 37.2 Å². The van der Waals surface area contributed by atoms with E-state index in [2.05, 4.69) is 179 Å². The van der Waals surface area contributed by atoms with Crippen molar-refractivity contribution in [2.45, 2.75) is 258 Å². The van der Waals surface area contributed by atoms with E-state index in [1.54, 1.807) is 6.08 Å². The zero-order valence-corrected chi connectivity index (χ0v) is 50.6. The van der Waals surface area contributed by atoms with Gasteiger partial charge in [0.1, 0.15) is 13.2 Å². The number of carbonyl (C=O) groups is 3. The fourth-order valence-electron chi connectivity index (χ4n) is 8.10. The monoisotopic (exact) mass is 1090 g/mol. The van der Waals surface area contributed by atoms with Gasteiger partial charge >= 0.3 is 17.9 Å². The third-order valence-electron chi connectivity index (χ3n) is 12.7. The Morgan fingerprint density at radius 1 is 0.278 bits per heavy atom. The van der Waals surface area contributed by atoms with E-state index in [-0.39, 0.29) is 31.6 Å². The second kappa shape index (κ2) is 65.3. The van der Waals surface area contributed by atoms with Crippen LogP contribution < -0.4 is 0 Å². The molecule has 6 heteroatoms. The molecule has 0 radical (unpaired) electrons. The van der Waals surface area contributed by atoms with E-state index in [9.17, 15) is 14.4 Å². The standard InChI is InChI=1S/C73H114O6/c1-4-7-10-13-16-19-22-25-28-29-30-31-32-33-34-35-36-37-38-39-40-41-42-43-46-48-51-54-57-60-63-66-72(75)78-69-70(79-73(76)67-64-61-58-55-52-49-45-27-24-21-18-15-12-9-6-3)68-77-71(74)65-62-59-56-53-50-47-44-26-23-20-17-14-11-8-5-2/h7,9-10,12,16,18-19,21,25,27-28,30-31,33-34,36-37,39-40,42-43,45,48,51-52,55,61,64,70H,4-6,8,11,13-15,17,20,22-24,26,29,32,35,38,41,44,46-47,49-50,53-54,56-60,62-63,65-69H2,1-3H3/b10-7-,12-9-,19-16-,21-18-,28-25-,31-30-,34-33-,37-36-,40-39-,43-42-,45-27-,51-48-,55-52-,64-61-. The van der Waals surface area contributed by atoms with Gasteiger partial charge in [-0.1, -0.05) is 287 Å². The van der Waals surface area contributed by atoms with Crippen molar-refractivity contribution in [3.05, 3.63) is 170 Å². The number of hydrogen-bond acceptors (Lipinski definition) is 6. The molecule has 1 unspecified atom stereocenters. The molecule has 0 rings (SSSR count). The van der Waals surface area contributed by atoms with Crippen molar-refractivity contribution < 1.29 is 28.6 Å². The zero-order valence-electron chi connectivity index (χ0n) is 50.6. The Kier molecular flexibility index (Phi) is 61.0. The lowest BCUT2D eigenvalue weighted by Gasteiger charge is -2.18. The lowest BCUT2D eigenvalue weighted by Crippen LogP contribution is -2.30. The summed E-state index contributed by atoms with van der Waals surface area (Å²) < 4.78 is 16.8. The van der Waals surface area contributed by atoms with E-state index >= 15 is 0 Å². The SMILES string of the molecule is CC/C=C\C/C=C\C/C=C\C/C=C\C/C=C\C/C=C\C/C=C\C/C=C\C/C=C\CCCCCC(=O)OCC(COC(=O)CCCCCCCCCCCCCCCCC)OC(=O)C/C=C\C/C=C\C/C=C\C/C=C\C/C=C\CC. The van der Waals surface area contributed by atoms with Crippen molar-refractivity contribution >= 4 is 17.9 Å². The Morgan fingerprint density at radius 3 is 0.835 bits per heavy atom. The van der Waals surface area contributed by atoms with Crippen LogP contribution in [0.1, 0.15) is 252 Å². The summed E-state index contributed by atoms with van der Waals surface area (Å²) in [5.74, 6) is -1.10. The van der Waals surface area contributed by atoms with Crippen LogP contribution in [0.3, 0.4) is 0 Å². The zero-order chi connectivity index (χ0) is 57.1. The minimum atomic E-state index is -0.854. The minimum absolute atomic E-state index is 0.0828. The largest absolute Gasteiger partial charge is 0.462 e. The Morgan fingerprint density at radius 2 is 0.532 bits per heavy atom. The topological polar surface area (TPSA) is 78.9 Å². The van der Waals surface area contributed by atoms with Crippen LogP contribution in [0.4, 0.5) is 0 Å². The van der Waals surface area contributed by atoms with E-state index in [0.717, 1.165) is 128 Å². The van der Waals surface area contributed by atoms with Gasteiger partial charge in [-0.15, -0.1) is 0 Å². The van der Waals surface area contributed by atoms with Crippen LogP contribution in [0.15, 0.2) is 170 Å². The fraction of sp³-hybridized carbons (Fsp3) is 0.575. The molecule has 79 heavy (non-hydrogen) atoms. The van der Waals surface area contributed by atoms with Gasteiger partial charge in [-0.05, 0) is 116 Å².